The van der Waals surface area contributed by atoms with Crippen LogP contribution >= 0.6 is 0 Å². The lowest BCUT2D eigenvalue weighted by Gasteiger charge is -2.16. The van der Waals surface area contributed by atoms with E-state index in [9.17, 15) is 19.8 Å². The van der Waals surface area contributed by atoms with Gasteiger partial charge in [0, 0.05) is 12.1 Å². The van der Waals surface area contributed by atoms with Crippen molar-refractivity contribution in [2.75, 3.05) is 21.3 Å². The highest BCUT2D eigenvalue weighted by Crippen LogP contribution is 2.42. The third-order valence-electron chi connectivity index (χ3n) is 3.43. The van der Waals surface area contributed by atoms with E-state index in [1.807, 2.05) is 0 Å². The van der Waals surface area contributed by atoms with Crippen LogP contribution in [-0.2, 0) is 0 Å². The number of benzene rings is 2. The van der Waals surface area contributed by atoms with Gasteiger partial charge in [0.25, 0.3) is 0 Å². The molecule has 0 saturated carbocycles. The van der Waals surface area contributed by atoms with Gasteiger partial charge in [0.05, 0.1) is 38.0 Å². The molecule has 0 atom stereocenters. The third-order valence-corrected chi connectivity index (χ3v) is 3.43. The second-order valence-electron chi connectivity index (χ2n) is 4.82. The molecule has 24 heavy (non-hydrogen) atoms. The molecule has 7 heteroatoms. The zero-order valence-electron chi connectivity index (χ0n) is 13.3. The predicted molar refractivity (Wildman–Crippen MR) is 85.5 cm³/mol. The number of ether oxygens (including phenoxy) is 3. The summed E-state index contributed by atoms with van der Waals surface area (Å²) in [5.41, 5.74) is 0.490. The second kappa shape index (κ2) is 6.91. The highest BCUT2D eigenvalue weighted by molar-refractivity contribution is 5.97. The SMILES string of the molecule is COc1cc(OC)c(-c2cc(C(=O)O)cc(C(=O)O)c2)c(OC)c1. The van der Waals surface area contributed by atoms with Crippen LogP contribution in [0.15, 0.2) is 30.3 Å². The monoisotopic (exact) mass is 332 g/mol. The predicted octanol–water partition coefficient (Wildman–Crippen LogP) is 2.78. The largest absolute Gasteiger partial charge is 0.496 e. The van der Waals surface area contributed by atoms with Crippen molar-refractivity contribution in [3.8, 4) is 28.4 Å². The van der Waals surface area contributed by atoms with Crippen LogP contribution in [0.2, 0.25) is 0 Å². The van der Waals surface area contributed by atoms with Gasteiger partial charge >= 0.3 is 11.9 Å². The Morgan fingerprint density at radius 1 is 0.750 bits per heavy atom. The summed E-state index contributed by atoms with van der Waals surface area (Å²) in [5.74, 6) is -1.24. The van der Waals surface area contributed by atoms with Crippen molar-refractivity contribution in [2.24, 2.45) is 0 Å². The molecule has 0 fully saturated rings. The summed E-state index contributed by atoms with van der Waals surface area (Å²) in [4.78, 5) is 22.6. The first-order chi connectivity index (χ1) is 11.4. The number of hydrogen-bond donors (Lipinski definition) is 2. The Hall–Kier alpha value is -3.22. The highest BCUT2D eigenvalue weighted by atomic mass is 16.5. The number of carbonyl (C=O) groups is 2. The molecular weight excluding hydrogens is 316 g/mol. The van der Waals surface area contributed by atoms with Crippen molar-refractivity contribution in [2.45, 2.75) is 0 Å². The van der Waals surface area contributed by atoms with Gasteiger partial charge in [-0.25, -0.2) is 9.59 Å². The van der Waals surface area contributed by atoms with Gasteiger partial charge in [0.1, 0.15) is 17.2 Å². The molecule has 0 radical (unpaired) electrons. The van der Waals surface area contributed by atoms with E-state index in [-0.39, 0.29) is 11.1 Å². The van der Waals surface area contributed by atoms with Gasteiger partial charge in [0.2, 0.25) is 0 Å². The average molecular weight is 332 g/mol. The lowest BCUT2D eigenvalue weighted by Crippen LogP contribution is -2.04. The van der Waals surface area contributed by atoms with Gasteiger partial charge < -0.3 is 24.4 Å². The first-order valence-electron chi connectivity index (χ1n) is 6.83. The molecule has 0 aliphatic carbocycles. The normalized spacial score (nSPS) is 10.1. The Balaban J connectivity index is 2.79. The number of hydrogen-bond acceptors (Lipinski definition) is 5. The molecular formula is C17H16O7. The molecule has 2 N–H and O–H groups in total. The van der Waals surface area contributed by atoms with E-state index in [2.05, 4.69) is 0 Å². The first-order valence-corrected chi connectivity index (χ1v) is 6.83. The van der Waals surface area contributed by atoms with Gasteiger partial charge in [-0.3, -0.25) is 0 Å². The summed E-state index contributed by atoms with van der Waals surface area (Å²) in [5, 5.41) is 18.4. The summed E-state index contributed by atoms with van der Waals surface area (Å²) in [7, 11) is 4.37. The smallest absolute Gasteiger partial charge is 0.335 e. The third kappa shape index (κ3) is 3.24. The fourth-order valence-corrected chi connectivity index (χ4v) is 2.31. The molecule has 126 valence electrons. The van der Waals surface area contributed by atoms with Gasteiger partial charge in [-0.05, 0) is 23.8 Å². The van der Waals surface area contributed by atoms with Crippen LogP contribution < -0.4 is 14.2 Å². The molecule has 0 heterocycles. The molecule has 2 rings (SSSR count). The van der Waals surface area contributed by atoms with Crippen LogP contribution in [0, 0.1) is 0 Å². The maximum absolute atomic E-state index is 11.3. The molecule has 0 spiro atoms. The van der Waals surface area contributed by atoms with Crippen molar-refractivity contribution in [1.29, 1.82) is 0 Å². The number of carboxylic acids is 2. The van der Waals surface area contributed by atoms with E-state index in [1.165, 1.54) is 33.5 Å². The van der Waals surface area contributed by atoms with E-state index in [0.717, 1.165) is 6.07 Å². The van der Waals surface area contributed by atoms with Crippen molar-refractivity contribution in [3.05, 3.63) is 41.5 Å². The van der Waals surface area contributed by atoms with Gasteiger partial charge in [-0.1, -0.05) is 0 Å². The van der Waals surface area contributed by atoms with E-state index in [4.69, 9.17) is 14.2 Å². The minimum atomic E-state index is -1.23. The van der Waals surface area contributed by atoms with Crippen LogP contribution in [-0.4, -0.2) is 43.5 Å². The maximum Gasteiger partial charge on any atom is 0.335 e. The molecule has 0 saturated heterocycles. The topological polar surface area (TPSA) is 102 Å². The summed E-state index contributed by atoms with van der Waals surface area (Å²) < 4.78 is 15.8. The second-order valence-corrected chi connectivity index (χ2v) is 4.82. The molecule has 2 aromatic carbocycles. The molecule has 0 aliphatic heterocycles. The molecule has 2 aromatic rings. The summed E-state index contributed by atoms with van der Waals surface area (Å²) >= 11 is 0. The summed E-state index contributed by atoms with van der Waals surface area (Å²) in [6.07, 6.45) is 0. The minimum Gasteiger partial charge on any atom is -0.496 e. The van der Waals surface area contributed by atoms with E-state index in [1.54, 1.807) is 12.1 Å². The summed E-state index contributed by atoms with van der Waals surface area (Å²) in [6.45, 7) is 0. The van der Waals surface area contributed by atoms with Crippen LogP contribution in [0.3, 0.4) is 0 Å². The number of methoxy groups -OCH3 is 3. The van der Waals surface area contributed by atoms with Crippen LogP contribution in [0.5, 0.6) is 17.2 Å². The van der Waals surface area contributed by atoms with Gasteiger partial charge in [0.15, 0.2) is 0 Å². The maximum atomic E-state index is 11.3. The standard InChI is InChI=1S/C17H16O7/c1-22-12-7-13(23-2)15(14(8-12)24-3)9-4-10(16(18)19)6-11(5-9)17(20)21/h4-8H,1-3H3,(H,18,19)(H,20,21). The Bertz CT molecular complexity index is 738. The van der Waals surface area contributed by atoms with Crippen molar-refractivity contribution >= 4 is 11.9 Å². The molecule has 7 nitrogen and oxygen atoms in total. The number of aromatic carboxylic acids is 2. The van der Waals surface area contributed by atoms with E-state index in [0.29, 0.717) is 28.4 Å². The molecule has 0 aliphatic rings. The minimum absolute atomic E-state index is 0.148. The Morgan fingerprint density at radius 2 is 1.21 bits per heavy atom. The Labute approximate surface area is 138 Å². The van der Waals surface area contributed by atoms with Crippen molar-refractivity contribution < 1.29 is 34.0 Å². The van der Waals surface area contributed by atoms with E-state index >= 15 is 0 Å². The zero-order chi connectivity index (χ0) is 17.9. The molecule has 0 aromatic heterocycles. The number of carboxylic acid groups (broad SMARTS) is 2. The fourth-order valence-electron chi connectivity index (χ4n) is 2.31. The van der Waals surface area contributed by atoms with Crippen molar-refractivity contribution in [3.63, 3.8) is 0 Å². The fraction of sp³-hybridized carbons (Fsp3) is 0.176. The zero-order valence-corrected chi connectivity index (χ0v) is 13.3. The molecule has 0 unspecified atom stereocenters. The first kappa shape index (κ1) is 17.1. The lowest BCUT2D eigenvalue weighted by molar-refractivity contribution is 0.0696. The van der Waals surface area contributed by atoms with E-state index < -0.39 is 11.9 Å². The number of rotatable bonds is 6. The molecule has 0 bridgehead atoms. The Morgan fingerprint density at radius 3 is 1.54 bits per heavy atom. The van der Waals surface area contributed by atoms with Crippen LogP contribution in [0.1, 0.15) is 20.7 Å². The lowest BCUT2D eigenvalue weighted by atomic mass is 9.98. The van der Waals surface area contributed by atoms with Gasteiger partial charge in [-0.2, -0.15) is 0 Å². The highest BCUT2D eigenvalue weighted by Gasteiger charge is 2.19. The average Bonchev–Trinajstić information content (AvgIpc) is 2.59. The quantitative estimate of drug-likeness (QED) is 0.838. The van der Waals surface area contributed by atoms with Crippen LogP contribution in [0.25, 0.3) is 11.1 Å². The summed E-state index contributed by atoms with van der Waals surface area (Å²) in [6, 6.07) is 7.03. The Kier molecular flexibility index (Phi) is 4.93. The van der Waals surface area contributed by atoms with Gasteiger partial charge in [-0.15, -0.1) is 0 Å². The van der Waals surface area contributed by atoms with Crippen molar-refractivity contribution in [1.82, 2.24) is 0 Å². The molecule has 0 amide bonds. The van der Waals surface area contributed by atoms with Crippen LogP contribution in [0.4, 0.5) is 0 Å².